The molecule has 86 valence electrons. The highest BCUT2D eigenvalue weighted by Gasteiger charge is 2.21. The second-order valence-corrected chi connectivity index (χ2v) is 6.84. The number of fused-ring (bicyclic) bond motifs is 1. The SMILES string of the molecule is CS(=O)(=O)C1=Cc2sc(C(=O)O)cc2CC1. The molecule has 16 heavy (non-hydrogen) atoms. The van der Waals surface area contributed by atoms with Crippen molar-refractivity contribution in [3.05, 3.63) is 26.3 Å². The van der Waals surface area contributed by atoms with Crippen molar-refractivity contribution in [1.29, 1.82) is 0 Å². The van der Waals surface area contributed by atoms with Gasteiger partial charge in [-0.1, -0.05) is 0 Å². The van der Waals surface area contributed by atoms with Gasteiger partial charge in [0.25, 0.3) is 0 Å². The van der Waals surface area contributed by atoms with E-state index in [0.29, 0.717) is 17.7 Å². The maximum Gasteiger partial charge on any atom is 0.345 e. The molecular formula is C10H10O4S2. The van der Waals surface area contributed by atoms with Gasteiger partial charge in [-0.3, -0.25) is 0 Å². The van der Waals surface area contributed by atoms with Crippen LogP contribution < -0.4 is 0 Å². The molecule has 0 radical (unpaired) electrons. The van der Waals surface area contributed by atoms with Crippen molar-refractivity contribution in [3.8, 4) is 0 Å². The summed E-state index contributed by atoms with van der Waals surface area (Å²) in [7, 11) is -3.16. The van der Waals surface area contributed by atoms with Gasteiger partial charge in [-0.15, -0.1) is 11.3 Å². The molecule has 0 amide bonds. The minimum Gasteiger partial charge on any atom is -0.477 e. The average molecular weight is 258 g/mol. The fourth-order valence-electron chi connectivity index (χ4n) is 1.63. The first-order valence-corrected chi connectivity index (χ1v) is 7.35. The van der Waals surface area contributed by atoms with Crippen LogP contribution in [0.2, 0.25) is 0 Å². The van der Waals surface area contributed by atoms with Crippen LogP contribution in [-0.4, -0.2) is 25.7 Å². The van der Waals surface area contributed by atoms with E-state index in [1.165, 1.54) is 6.26 Å². The summed E-state index contributed by atoms with van der Waals surface area (Å²) in [6.45, 7) is 0. The third-order valence-electron chi connectivity index (χ3n) is 2.46. The molecule has 4 nitrogen and oxygen atoms in total. The van der Waals surface area contributed by atoms with Gasteiger partial charge >= 0.3 is 5.97 Å². The molecule has 0 spiro atoms. The molecule has 0 saturated carbocycles. The Bertz CT molecular complexity index is 578. The summed E-state index contributed by atoms with van der Waals surface area (Å²) in [5.41, 5.74) is 0.926. The number of allylic oxidation sites excluding steroid dienone is 1. The zero-order valence-electron chi connectivity index (χ0n) is 8.56. The van der Waals surface area contributed by atoms with Crippen LogP contribution in [0.1, 0.15) is 26.5 Å². The predicted octanol–water partition coefficient (Wildman–Crippen LogP) is 1.78. The number of aromatic carboxylic acids is 1. The smallest absolute Gasteiger partial charge is 0.345 e. The number of aryl methyl sites for hydroxylation is 1. The Morgan fingerprint density at radius 2 is 2.12 bits per heavy atom. The van der Waals surface area contributed by atoms with Gasteiger partial charge < -0.3 is 5.11 Å². The van der Waals surface area contributed by atoms with E-state index in [0.717, 1.165) is 21.8 Å². The van der Waals surface area contributed by atoms with Crippen molar-refractivity contribution in [2.45, 2.75) is 12.8 Å². The Labute approximate surface area is 97.1 Å². The Hall–Kier alpha value is -1.14. The number of hydrogen-bond acceptors (Lipinski definition) is 4. The van der Waals surface area contributed by atoms with E-state index in [1.807, 2.05) is 0 Å². The lowest BCUT2D eigenvalue weighted by Gasteiger charge is -2.10. The zero-order valence-corrected chi connectivity index (χ0v) is 10.2. The van der Waals surface area contributed by atoms with Crippen LogP contribution >= 0.6 is 11.3 Å². The molecule has 6 heteroatoms. The average Bonchev–Trinajstić information content (AvgIpc) is 2.58. The summed E-state index contributed by atoms with van der Waals surface area (Å²) < 4.78 is 22.7. The molecule has 0 unspecified atom stereocenters. The van der Waals surface area contributed by atoms with Gasteiger partial charge in [-0.2, -0.15) is 0 Å². The molecule has 0 aromatic carbocycles. The molecule has 0 fully saturated rings. The number of carboxylic acids is 1. The number of hydrogen-bond donors (Lipinski definition) is 1. The summed E-state index contributed by atoms with van der Waals surface area (Å²) in [5, 5.41) is 8.83. The maximum atomic E-state index is 11.4. The highest BCUT2D eigenvalue weighted by molar-refractivity contribution is 7.94. The van der Waals surface area contributed by atoms with Gasteiger partial charge in [0.2, 0.25) is 0 Å². The summed E-state index contributed by atoms with van der Waals surface area (Å²) in [6.07, 6.45) is 3.82. The second-order valence-electron chi connectivity index (χ2n) is 3.69. The van der Waals surface area contributed by atoms with Crippen LogP contribution in [0.5, 0.6) is 0 Å². The molecular weight excluding hydrogens is 248 g/mol. The fourth-order valence-corrected chi connectivity index (χ4v) is 3.53. The Morgan fingerprint density at radius 3 is 2.69 bits per heavy atom. The van der Waals surface area contributed by atoms with Crippen molar-refractivity contribution in [2.75, 3.05) is 6.26 Å². The normalized spacial score (nSPS) is 15.4. The first-order chi connectivity index (χ1) is 7.38. The largest absolute Gasteiger partial charge is 0.477 e. The Kier molecular flexibility index (Phi) is 2.63. The van der Waals surface area contributed by atoms with Crippen LogP contribution in [-0.2, 0) is 16.3 Å². The van der Waals surface area contributed by atoms with E-state index in [4.69, 9.17) is 5.11 Å². The highest BCUT2D eigenvalue weighted by atomic mass is 32.2. The molecule has 1 aromatic heterocycles. The summed E-state index contributed by atoms with van der Waals surface area (Å²) in [5.74, 6) is -0.964. The van der Waals surface area contributed by atoms with E-state index in [9.17, 15) is 13.2 Å². The van der Waals surface area contributed by atoms with Crippen molar-refractivity contribution in [3.63, 3.8) is 0 Å². The van der Waals surface area contributed by atoms with E-state index in [1.54, 1.807) is 12.1 Å². The molecule has 1 N–H and O–H groups in total. The Balaban J connectivity index is 2.48. The first kappa shape index (κ1) is 11.3. The van der Waals surface area contributed by atoms with Crippen LogP contribution in [0.3, 0.4) is 0 Å². The van der Waals surface area contributed by atoms with Crippen molar-refractivity contribution in [1.82, 2.24) is 0 Å². The minimum atomic E-state index is -3.16. The molecule has 2 rings (SSSR count). The predicted molar refractivity (Wildman–Crippen MR) is 62.4 cm³/mol. The van der Waals surface area contributed by atoms with Crippen molar-refractivity contribution < 1.29 is 18.3 Å². The number of thiophene rings is 1. The van der Waals surface area contributed by atoms with Crippen LogP contribution in [0.4, 0.5) is 0 Å². The minimum absolute atomic E-state index is 0.260. The number of sulfone groups is 1. The van der Waals surface area contributed by atoms with Gasteiger partial charge in [-0.05, 0) is 30.5 Å². The van der Waals surface area contributed by atoms with Gasteiger partial charge in [0.05, 0.1) is 0 Å². The van der Waals surface area contributed by atoms with Crippen LogP contribution in [0.15, 0.2) is 11.0 Å². The van der Waals surface area contributed by atoms with E-state index < -0.39 is 15.8 Å². The quantitative estimate of drug-likeness (QED) is 0.877. The molecule has 1 aliphatic rings. The third-order valence-corrected chi connectivity index (χ3v) is 4.85. The molecule has 0 saturated heterocycles. The second kappa shape index (κ2) is 3.71. The van der Waals surface area contributed by atoms with Crippen molar-refractivity contribution >= 4 is 33.2 Å². The lowest BCUT2D eigenvalue weighted by molar-refractivity contribution is 0.0702. The van der Waals surface area contributed by atoms with E-state index >= 15 is 0 Å². The summed E-state index contributed by atoms with van der Waals surface area (Å²) in [4.78, 5) is 12.2. The number of carbonyl (C=O) groups is 1. The zero-order chi connectivity index (χ0) is 11.9. The number of carboxylic acid groups (broad SMARTS) is 1. The van der Waals surface area contributed by atoms with Gasteiger partial charge in [0.1, 0.15) is 4.88 Å². The molecule has 1 aromatic rings. The van der Waals surface area contributed by atoms with Crippen LogP contribution in [0, 0.1) is 0 Å². The summed E-state index contributed by atoms with van der Waals surface area (Å²) >= 11 is 1.12. The summed E-state index contributed by atoms with van der Waals surface area (Å²) in [6, 6.07) is 1.62. The number of rotatable bonds is 2. The van der Waals surface area contributed by atoms with E-state index in [-0.39, 0.29) is 4.88 Å². The molecule has 1 heterocycles. The third kappa shape index (κ3) is 2.03. The van der Waals surface area contributed by atoms with Gasteiger partial charge in [0, 0.05) is 16.0 Å². The van der Waals surface area contributed by atoms with Crippen LogP contribution in [0.25, 0.3) is 6.08 Å². The molecule has 0 aliphatic heterocycles. The van der Waals surface area contributed by atoms with Gasteiger partial charge in [0.15, 0.2) is 9.84 Å². The molecule has 1 aliphatic carbocycles. The van der Waals surface area contributed by atoms with E-state index in [2.05, 4.69) is 0 Å². The topological polar surface area (TPSA) is 71.4 Å². The van der Waals surface area contributed by atoms with Crippen molar-refractivity contribution in [2.24, 2.45) is 0 Å². The lowest BCUT2D eigenvalue weighted by Crippen LogP contribution is -2.05. The standard InChI is InChI=1S/C10H10O4S2/c1-16(13,14)7-3-2-6-4-9(10(11)12)15-8(6)5-7/h4-5H,2-3H2,1H3,(H,11,12). The molecule has 0 bridgehead atoms. The lowest BCUT2D eigenvalue weighted by atomic mass is 10.1. The molecule has 0 atom stereocenters. The Morgan fingerprint density at radius 1 is 1.44 bits per heavy atom. The first-order valence-electron chi connectivity index (χ1n) is 4.64. The monoisotopic (exact) mass is 258 g/mol. The maximum absolute atomic E-state index is 11.4. The van der Waals surface area contributed by atoms with Gasteiger partial charge in [-0.25, -0.2) is 13.2 Å². The fraction of sp³-hybridized carbons (Fsp3) is 0.300. The highest BCUT2D eigenvalue weighted by Crippen LogP contribution is 2.32.